The third-order valence-electron chi connectivity index (χ3n) is 3.11. The maximum Gasteiger partial charge on any atom is 0.355 e. The number of carbonyl (C=O) groups is 2. The number of hydrogen-bond acceptors (Lipinski definition) is 3. The van der Waals surface area contributed by atoms with E-state index in [0.29, 0.717) is 12.2 Å². The number of esters is 1. The molecule has 0 radical (unpaired) electrons. The largest absolute Gasteiger partial charge is 0.448 e. The molecule has 22 heavy (non-hydrogen) atoms. The number of rotatable bonds is 5. The lowest BCUT2D eigenvalue weighted by Gasteiger charge is -2.13. The van der Waals surface area contributed by atoms with Crippen molar-refractivity contribution in [3.63, 3.8) is 0 Å². The molecule has 1 aromatic heterocycles. The average molecular weight is 365 g/mol. The summed E-state index contributed by atoms with van der Waals surface area (Å²) in [5.74, 6) is -0.900. The molecule has 116 valence electrons. The van der Waals surface area contributed by atoms with Crippen molar-refractivity contribution >= 4 is 27.8 Å². The number of aryl methyl sites for hydroxylation is 1. The van der Waals surface area contributed by atoms with Crippen molar-refractivity contribution in [3.05, 3.63) is 57.8 Å². The Labute approximate surface area is 137 Å². The highest BCUT2D eigenvalue weighted by atomic mass is 79.9. The molecular formula is C16H17BrN2O3. The number of aromatic amines is 1. The number of ether oxygens (including phenoxy) is 1. The summed E-state index contributed by atoms with van der Waals surface area (Å²) >= 11 is 3.23. The summed E-state index contributed by atoms with van der Waals surface area (Å²) in [6, 6.07) is 9.45. The van der Waals surface area contributed by atoms with Crippen molar-refractivity contribution in [1.29, 1.82) is 0 Å². The van der Waals surface area contributed by atoms with Gasteiger partial charge in [-0.3, -0.25) is 4.79 Å². The van der Waals surface area contributed by atoms with Crippen molar-refractivity contribution in [3.8, 4) is 0 Å². The summed E-state index contributed by atoms with van der Waals surface area (Å²) in [4.78, 5) is 26.5. The summed E-state index contributed by atoms with van der Waals surface area (Å²) in [6.45, 7) is 3.94. The molecule has 0 spiro atoms. The van der Waals surface area contributed by atoms with Gasteiger partial charge in [0.15, 0.2) is 6.10 Å². The van der Waals surface area contributed by atoms with Crippen molar-refractivity contribution in [2.45, 2.75) is 26.5 Å². The lowest BCUT2D eigenvalue weighted by molar-refractivity contribution is -0.129. The molecule has 1 amide bonds. The number of halogens is 1. The van der Waals surface area contributed by atoms with Crippen LogP contribution >= 0.6 is 15.9 Å². The van der Waals surface area contributed by atoms with Crippen LogP contribution in [-0.4, -0.2) is 23.0 Å². The zero-order valence-corrected chi connectivity index (χ0v) is 13.9. The monoisotopic (exact) mass is 364 g/mol. The molecule has 0 fully saturated rings. The van der Waals surface area contributed by atoms with Gasteiger partial charge in [-0.2, -0.15) is 0 Å². The molecule has 6 heteroatoms. The summed E-state index contributed by atoms with van der Waals surface area (Å²) in [5.41, 5.74) is 2.45. The highest BCUT2D eigenvalue weighted by Gasteiger charge is 2.19. The van der Waals surface area contributed by atoms with Crippen molar-refractivity contribution in [2.75, 3.05) is 0 Å². The second kappa shape index (κ2) is 7.26. The average Bonchev–Trinajstić information content (AvgIpc) is 2.93. The van der Waals surface area contributed by atoms with Crippen LogP contribution in [0.5, 0.6) is 0 Å². The molecule has 0 aliphatic carbocycles. The second-order valence-electron chi connectivity index (χ2n) is 4.98. The van der Waals surface area contributed by atoms with Crippen LogP contribution in [0.15, 0.2) is 41.0 Å². The molecule has 1 heterocycles. The Hall–Kier alpha value is -2.08. The third kappa shape index (κ3) is 4.46. The highest BCUT2D eigenvalue weighted by molar-refractivity contribution is 9.10. The quantitative estimate of drug-likeness (QED) is 0.801. The van der Waals surface area contributed by atoms with E-state index in [0.717, 1.165) is 15.6 Å². The molecule has 1 atom stereocenters. The molecule has 0 bridgehead atoms. The van der Waals surface area contributed by atoms with Crippen molar-refractivity contribution in [2.24, 2.45) is 0 Å². The van der Waals surface area contributed by atoms with E-state index in [-0.39, 0.29) is 5.91 Å². The van der Waals surface area contributed by atoms with Crippen LogP contribution in [0.1, 0.15) is 28.5 Å². The van der Waals surface area contributed by atoms with Crippen LogP contribution in [0.2, 0.25) is 0 Å². The lowest BCUT2D eigenvalue weighted by atomic mass is 10.1. The van der Waals surface area contributed by atoms with Gasteiger partial charge in [0.2, 0.25) is 0 Å². The molecule has 0 saturated heterocycles. The standard InChI is InChI=1S/C16H17BrN2O3/c1-10-3-5-12(6-4-10)8-19-15(20)11(2)22-16(21)14-7-13(17)9-18-14/h3-7,9,11,18H,8H2,1-2H3,(H,19,20). The first kappa shape index (κ1) is 16.3. The zero-order chi connectivity index (χ0) is 16.1. The van der Waals surface area contributed by atoms with Gasteiger partial charge in [0.1, 0.15) is 5.69 Å². The first-order valence-corrected chi connectivity index (χ1v) is 7.63. The van der Waals surface area contributed by atoms with E-state index < -0.39 is 12.1 Å². The maximum absolute atomic E-state index is 11.9. The van der Waals surface area contributed by atoms with Crippen molar-refractivity contribution in [1.82, 2.24) is 10.3 Å². The minimum atomic E-state index is -0.861. The van der Waals surface area contributed by atoms with Gasteiger partial charge in [-0.25, -0.2) is 4.79 Å². The second-order valence-corrected chi connectivity index (χ2v) is 5.90. The van der Waals surface area contributed by atoms with Gasteiger partial charge in [-0.15, -0.1) is 0 Å². The Morgan fingerprint density at radius 1 is 1.32 bits per heavy atom. The fourth-order valence-corrected chi connectivity index (χ4v) is 2.15. The van der Waals surface area contributed by atoms with E-state index in [4.69, 9.17) is 4.74 Å². The number of carbonyl (C=O) groups excluding carboxylic acids is 2. The Balaban J connectivity index is 1.84. The van der Waals surface area contributed by atoms with E-state index >= 15 is 0 Å². The Morgan fingerprint density at radius 3 is 2.59 bits per heavy atom. The summed E-state index contributed by atoms with van der Waals surface area (Å²) < 4.78 is 5.86. The topological polar surface area (TPSA) is 71.2 Å². The van der Waals surface area contributed by atoms with E-state index in [1.54, 1.807) is 19.2 Å². The van der Waals surface area contributed by atoms with Crippen LogP contribution in [-0.2, 0) is 16.1 Å². The van der Waals surface area contributed by atoms with Gasteiger partial charge in [-0.1, -0.05) is 29.8 Å². The predicted octanol–water partition coefficient (Wildman–Crippen LogP) is 2.95. The highest BCUT2D eigenvalue weighted by Crippen LogP contribution is 2.12. The smallest absolute Gasteiger partial charge is 0.355 e. The predicted molar refractivity (Wildman–Crippen MR) is 86.4 cm³/mol. The number of aromatic nitrogens is 1. The van der Waals surface area contributed by atoms with Gasteiger partial charge in [-0.05, 0) is 41.4 Å². The number of amides is 1. The Kier molecular flexibility index (Phi) is 5.38. The molecule has 2 aromatic rings. The fraction of sp³-hybridized carbons (Fsp3) is 0.250. The van der Waals surface area contributed by atoms with E-state index in [1.807, 2.05) is 31.2 Å². The van der Waals surface area contributed by atoms with Crippen LogP contribution in [0, 0.1) is 6.92 Å². The molecule has 5 nitrogen and oxygen atoms in total. The number of H-pyrrole nitrogens is 1. The molecule has 1 aromatic carbocycles. The molecule has 0 aliphatic heterocycles. The van der Waals surface area contributed by atoms with Gasteiger partial charge in [0.25, 0.3) is 5.91 Å². The van der Waals surface area contributed by atoms with E-state index in [9.17, 15) is 9.59 Å². The number of benzene rings is 1. The van der Waals surface area contributed by atoms with Gasteiger partial charge in [0, 0.05) is 17.2 Å². The lowest BCUT2D eigenvalue weighted by Crippen LogP contribution is -2.35. The summed E-state index contributed by atoms with van der Waals surface area (Å²) in [7, 11) is 0. The van der Waals surface area contributed by atoms with Crippen molar-refractivity contribution < 1.29 is 14.3 Å². The van der Waals surface area contributed by atoms with E-state index in [2.05, 4.69) is 26.2 Å². The molecule has 2 N–H and O–H groups in total. The van der Waals surface area contributed by atoms with Crippen LogP contribution in [0.25, 0.3) is 0 Å². The zero-order valence-electron chi connectivity index (χ0n) is 12.4. The molecule has 2 rings (SSSR count). The minimum Gasteiger partial charge on any atom is -0.448 e. The molecule has 1 unspecified atom stereocenters. The van der Waals surface area contributed by atoms with Gasteiger partial charge in [0.05, 0.1) is 0 Å². The van der Waals surface area contributed by atoms with Gasteiger partial charge < -0.3 is 15.0 Å². The van der Waals surface area contributed by atoms with E-state index in [1.165, 1.54) is 0 Å². The number of hydrogen-bond donors (Lipinski definition) is 2. The SMILES string of the molecule is Cc1ccc(CNC(=O)C(C)OC(=O)c2cc(Br)c[nH]2)cc1. The van der Waals surface area contributed by atoms with Gasteiger partial charge >= 0.3 is 5.97 Å². The van der Waals surface area contributed by atoms with Crippen LogP contribution in [0.3, 0.4) is 0 Å². The number of nitrogens with one attached hydrogen (secondary N) is 2. The molecular weight excluding hydrogens is 348 g/mol. The summed E-state index contributed by atoms with van der Waals surface area (Å²) in [6.07, 6.45) is 0.763. The van der Waals surface area contributed by atoms with Crippen LogP contribution < -0.4 is 5.32 Å². The Morgan fingerprint density at radius 2 is 2.00 bits per heavy atom. The minimum absolute atomic E-state index is 0.296. The molecule has 0 aliphatic rings. The third-order valence-corrected chi connectivity index (χ3v) is 3.57. The first-order valence-electron chi connectivity index (χ1n) is 6.84. The first-order chi connectivity index (χ1) is 10.5. The van der Waals surface area contributed by atoms with Crippen LogP contribution in [0.4, 0.5) is 0 Å². The summed E-state index contributed by atoms with van der Waals surface area (Å²) in [5, 5.41) is 2.74. The normalized spacial score (nSPS) is 11.8. The fourth-order valence-electron chi connectivity index (χ4n) is 1.80. The molecule has 0 saturated carbocycles. The Bertz CT molecular complexity index is 664. The maximum atomic E-state index is 11.9.